The van der Waals surface area contributed by atoms with Gasteiger partial charge in [0.25, 0.3) is 0 Å². The molecule has 1 fully saturated rings. The molecular weight excluding hydrogens is 238 g/mol. The number of aryl methyl sites for hydroxylation is 1. The van der Waals surface area contributed by atoms with Crippen LogP contribution in [-0.2, 0) is 11.2 Å². The van der Waals surface area contributed by atoms with Gasteiger partial charge in [0, 0.05) is 19.0 Å². The quantitative estimate of drug-likeness (QED) is 0.760. The van der Waals surface area contributed by atoms with Gasteiger partial charge in [-0.1, -0.05) is 18.5 Å². The van der Waals surface area contributed by atoms with Crippen LogP contribution in [0.15, 0.2) is 6.07 Å². The van der Waals surface area contributed by atoms with Crippen molar-refractivity contribution in [3.63, 3.8) is 0 Å². The summed E-state index contributed by atoms with van der Waals surface area (Å²) in [4.78, 5) is 11.0. The standard InChI is InChI=1S/C12H18ClN3O/c1-4-11-14-10(13)5-12(15-11)16-6-9(3)17-7-8(16)2/h5,8-9H,4,6-7H2,1-3H3. The first kappa shape index (κ1) is 12.6. The van der Waals surface area contributed by atoms with Gasteiger partial charge in [-0.05, 0) is 13.8 Å². The number of hydrogen-bond acceptors (Lipinski definition) is 4. The van der Waals surface area contributed by atoms with Crippen molar-refractivity contribution in [2.45, 2.75) is 39.3 Å². The average molecular weight is 256 g/mol. The van der Waals surface area contributed by atoms with E-state index in [0.717, 1.165) is 31.2 Å². The molecule has 94 valence electrons. The molecule has 0 amide bonds. The molecule has 2 atom stereocenters. The zero-order valence-corrected chi connectivity index (χ0v) is 11.2. The van der Waals surface area contributed by atoms with Gasteiger partial charge in [0.15, 0.2) is 0 Å². The molecule has 2 rings (SSSR count). The number of halogens is 1. The maximum absolute atomic E-state index is 6.02. The van der Waals surface area contributed by atoms with E-state index in [9.17, 15) is 0 Å². The molecule has 0 N–H and O–H groups in total. The van der Waals surface area contributed by atoms with Crippen molar-refractivity contribution in [2.75, 3.05) is 18.1 Å². The van der Waals surface area contributed by atoms with Gasteiger partial charge in [0.05, 0.1) is 18.8 Å². The molecule has 1 aromatic heterocycles. The smallest absolute Gasteiger partial charge is 0.134 e. The van der Waals surface area contributed by atoms with Gasteiger partial charge < -0.3 is 9.64 Å². The highest BCUT2D eigenvalue weighted by atomic mass is 35.5. The molecule has 5 heteroatoms. The summed E-state index contributed by atoms with van der Waals surface area (Å²) in [7, 11) is 0. The number of rotatable bonds is 2. The Morgan fingerprint density at radius 3 is 2.94 bits per heavy atom. The van der Waals surface area contributed by atoms with E-state index in [2.05, 4.69) is 28.7 Å². The maximum Gasteiger partial charge on any atom is 0.134 e. The second-order valence-corrected chi connectivity index (χ2v) is 4.85. The number of morpholine rings is 1. The van der Waals surface area contributed by atoms with Gasteiger partial charge in [-0.2, -0.15) is 0 Å². The van der Waals surface area contributed by atoms with E-state index in [-0.39, 0.29) is 6.10 Å². The molecule has 0 aromatic carbocycles. The molecule has 1 aliphatic heterocycles. The van der Waals surface area contributed by atoms with Gasteiger partial charge in [0.2, 0.25) is 0 Å². The monoisotopic (exact) mass is 255 g/mol. The molecular formula is C12H18ClN3O. The van der Waals surface area contributed by atoms with Gasteiger partial charge in [-0.3, -0.25) is 0 Å². The van der Waals surface area contributed by atoms with E-state index in [1.807, 2.05) is 13.0 Å². The van der Waals surface area contributed by atoms with Crippen LogP contribution in [0.1, 0.15) is 26.6 Å². The van der Waals surface area contributed by atoms with Gasteiger partial charge in [-0.25, -0.2) is 9.97 Å². The Hall–Kier alpha value is -0.870. The SMILES string of the molecule is CCc1nc(Cl)cc(N2CC(C)OCC2C)n1. The van der Waals surface area contributed by atoms with Crippen molar-refractivity contribution in [1.29, 1.82) is 0 Å². The minimum Gasteiger partial charge on any atom is -0.375 e. The lowest BCUT2D eigenvalue weighted by Crippen LogP contribution is -2.47. The first-order valence-electron chi connectivity index (χ1n) is 6.02. The highest BCUT2D eigenvalue weighted by Gasteiger charge is 2.25. The largest absolute Gasteiger partial charge is 0.375 e. The summed E-state index contributed by atoms with van der Waals surface area (Å²) in [6.07, 6.45) is 1.02. The van der Waals surface area contributed by atoms with E-state index in [0.29, 0.717) is 11.2 Å². The predicted octanol–water partition coefficient (Wildman–Crippen LogP) is 2.31. The molecule has 2 unspecified atom stereocenters. The van der Waals surface area contributed by atoms with Crippen LogP contribution in [0.3, 0.4) is 0 Å². The van der Waals surface area contributed by atoms with E-state index in [4.69, 9.17) is 16.3 Å². The Morgan fingerprint density at radius 1 is 1.47 bits per heavy atom. The maximum atomic E-state index is 6.02. The summed E-state index contributed by atoms with van der Waals surface area (Å²) in [6.45, 7) is 7.80. The summed E-state index contributed by atoms with van der Waals surface area (Å²) >= 11 is 6.02. The van der Waals surface area contributed by atoms with E-state index >= 15 is 0 Å². The van der Waals surface area contributed by atoms with Crippen molar-refractivity contribution < 1.29 is 4.74 Å². The highest BCUT2D eigenvalue weighted by molar-refractivity contribution is 6.29. The predicted molar refractivity (Wildman–Crippen MR) is 68.6 cm³/mol. The summed E-state index contributed by atoms with van der Waals surface area (Å²) in [5.74, 6) is 1.70. The number of anilines is 1. The molecule has 17 heavy (non-hydrogen) atoms. The van der Waals surface area contributed by atoms with Crippen LogP contribution in [0, 0.1) is 0 Å². The van der Waals surface area contributed by atoms with E-state index < -0.39 is 0 Å². The summed E-state index contributed by atoms with van der Waals surface area (Å²) in [5.41, 5.74) is 0. The number of nitrogens with zero attached hydrogens (tertiary/aromatic N) is 3. The molecule has 0 radical (unpaired) electrons. The third-order valence-electron chi connectivity index (χ3n) is 2.95. The van der Waals surface area contributed by atoms with Gasteiger partial charge in [0.1, 0.15) is 16.8 Å². The molecule has 0 spiro atoms. The van der Waals surface area contributed by atoms with Crippen LogP contribution >= 0.6 is 11.6 Å². The molecule has 0 saturated carbocycles. The minimum absolute atomic E-state index is 0.227. The van der Waals surface area contributed by atoms with Crippen LogP contribution in [0.5, 0.6) is 0 Å². The van der Waals surface area contributed by atoms with E-state index in [1.165, 1.54) is 0 Å². The van der Waals surface area contributed by atoms with Crippen molar-refractivity contribution in [3.05, 3.63) is 17.0 Å². The molecule has 1 saturated heterocycles. The fourth-order valence-corrected chi connectivity index (χ4v) is 2.17. The topological polar surface area (TPSA) is 38.2 Å². The average Bonchev–Trinajstić information content (AvgIpc) is 2.31. The van der Waals surface area contributed by atoms with Gasteiger partial charge >= 0.3 is 0 Å². The van der Waals surface area contributed by atoms with Crippen LogP contribution in [0.25, 0.3) is 0 Å². The Morgan fingerprint density at radius 2 is 2.24 bits per heavy atom. The first-order valence-corrected chi connectivity index (χ1v) is 6.39. The first-order chi connectivity index (χ1) is 8.10. The third kappa shape index (κ3) is 2.87. The summed E-state index contributed by atoms with van der Waals surface area (Å²) in [5, 5.41) is 0.512. The number of aromatic nitrogens is 2. The van der Waals surface area contributed by atoms with Crippen molar-refractivity contribution in [3.8, 4) is 0 Å². The van der Waals surface area contributed by atoms with Crippen molar-refractivity contribution >= 4 is 17.4 Å². The molecule has 1 aliphatic rings. The lowest BCUT2D eigenvalue weighted by Gasteiger charge is -2.37. The number of ether oxygens (including phenoxy) is 1. The minimum atomic E-state index is 0.227. The van der Waals surface area contributed by atoms with Crippen molar-refractivity contribution in [1.82, 2.24) is 9.97 Å². The summed E-state index contributed by atoms with van der Waals surface area (Å²) in [6, 6.07) is 2.15. The van der Waals surface area contributed by atoms with Crippen LogP contribution in [0.4, 0.5) is 5.82 Å². The molecule has 0 aliphatic carbocycles. The number of hydrogen-bond donors (Lipinski definition) is 0. The zero-order chi connectivity index (χ0) is 12.4. The Kier molecular flexibility index (Phi) is 3.84. The normalized spacial score (nSPS) is 25.1. The van der Waals surface area contributed by atoms with Crippen LogP contribution < -0.4 is 4.90 Å². The fraction of sp³-hybridized carbons (Fsp3) is 0.667. The molecule has 1 aromatic rings. The Bertz CT molecular complexity index is 399. The fourth-order valence-electron chi connectivity index (χ4n) is 1.98. The third-order valence-corrected chi connectivity index (χ3v) is 3.14. The molecule has 0 bridgehead atoms. The second-order valence-electron chi connectivity index (χ2n) is 4.46. The second kappa shape index (κ2) is 5.19. The zero-order valence-electron chi connectivity index (χ0n) is 10.5. The Labute approximate surface area is 107 Å². The molecule has 4 nitrogen and oxygen atoms in total. The van der Waals surface area contributed by atoms with Gasteiger partial charge in [-0.15, -0.1) is 0 Å². The molecule has 2 heterocycles. The lowest BCUT2D eigenvalue weighted by molar-refractivity contribution is 0.0340. The Balaban J connectivity index is 2.28. The van der Waals surface area contributed by atoms with Crippen LogP contribution in [0.2, 0.25) is 5.15 Å². The van der Waals surface area contributed by atoms with Crippen molar-refractivity contribution in [2.24, 2.45) is 0 Å². The summed E-state index contributed by atoms with van der Waals surface area (Å²) < 4.78 is 5.61. The van der Waals surface area contributed by atoms with Crippen LogP contribution in [-0.4, -0.2) is 35.3 Å². The highest BCUT2D eigenvalue weighted by Crippen LogP contribution is 2.22. The lowest BCUT2D eigenvalue weighted by atomic mass is 10.2. The van der Waals surface area contributed by atoms with E-state index in [1.54, 1.807) is 0 Å².